The van der Waals surface area contributed by atoms with Crippen molar-refractivity contribution in [1.82, 2.24) is 5.43 Å². The summed E-state index contributed by atoms with van der Waals surface area (Å²) in [5, 5.41) is 4.76. The Morgan fingerprint density at radius 1 is 1.10 bits per heavy atom. The highest BCUT2D eigenvalue weighted by atomic mass is 35.5. The van der Waals surface area contributed by atoms with Crippen LogP contribution < -0.4 is 10.2 Å². The van der Waals surface area contributed by atoms with E-state index in [9.17, 15) is 4.79 Å². The van der Waals surface area contributed by atoms with E-state index in [4.69, 9.17) is 16.3 Å². The lowest BCUT2D eigenvalue weighted by atomic mass is 10.1. The molecule has 0 unspecified atom stereocenters. The van der Waals surface area contributed by atoms with Crippen molar-refractivity contribution >= 4 is 35.5 Å². The van der Waals surface area contributed by atoms with E-state index in [0.717, 1.165) is 32.5 Å². The number of hydrogen-bond donors (Lipinski definition) is 1. The van der Waals surface area contributed by atoms with Crippen molar-refractivity contribution in [3.05, 3.63) is 107 Å². The minimum Gasteiger partial charge on any atom is -0.490 e. The monoisotopic (exact) mass is 436 g/mol. The first-order valence-electron chi connectivity index (χ1n) is 9.28. The maximum absolute atomic E-state index is 12.3. The first-order chi connectivity index (χ1) is 14.6. The number of ether oxygens (including phenoxy) is 1. The van der Waals surface area contributed by atoms with Gasteiger partial charge in [-0.05, 0) is 59.7 Å². The second kappa shape index (κ2) is 11.2. The van der Waals surface area contributed by atoms with Gasteiger partial charge < -0.3 is 4.74 Å². The Kier molecular flexibility index (Phi) is 8.12. The molecule has 4 nitrogen and oxygen atoms in total. The van der Waals surface area contributed by atoms with Crippen molar-refractivity contribution in [2.24, 2.45) is 5.10 Å². The fraction of sp³-hybridized carbons (Fsp3) is 0.0833. The maximum Gasteiger partial charge on any atom is 0.271 e. The van der Waals surface area contributed by atoms with Crippen molar-refractivity contribution in [3.8, 4) is 5.75 Å². The number of rotatable bonds is 9. The number of amides is 1. The second-order valence-corrected chi connectivity index (χ2v) is 7.80. The zero-order chi connectivity index (χ0) is 21.2. The minimum absolute atomic E-state index is 0.262. The molecule has 0 aliphatic heterocycles. The number of thioether (sulfide) groups is 1. The van der Waals surface area contributed by atoms with Crippen LogP contribution in [0.1, 0.15) is 21.5 Å². The number of hydrogen-bond acceptors (Lipinski definition) is 4. The lowest BCUT2D eigenvalue weighted by Gasteiger charge is -2.05. The van der Waals surface area contributed by atoms with Crippen LogP contribution in [0.15, 0.2) is 95.4 Å². The molecule has 0 heterocycles. The Bertz CT molecular complexity index is 1020. The smallest absolute Gasteiger partial charge is 0.271 e. The van der Waals surface area contributed by atoms with Gasteiger partial charge in [-0.2, -0.15) is 5.10 Å². The van der Waals surface area contributed by atoms with Gasteiger partial charge in [0.25, 0.3) is 5.91 Å². The third-order valence-electron chi connectivity index (χ3n) is 4.04. The summed E-state index contributed by atoms with van der Waals surface area (Å²) < 4.78 is 5.48. The highest BCUT2D eigenvalue weighted by Crippen LogP contribution is 2.24. The Balaban J connectivity index is 1.51. The SMILES string of the molecule is C=CCOc1cccc(/C=N\NC(=O)c2ccc(CSc3ccc(Cl)cc3)cc2)c1. The first kappa shape index (κ1) is 21.7. The summed E-state index contributed by atoms with van der Waals surface area (Å²) in [4.78, 5) is 13.4. The van der Waals surface area contributed by atoms with Crippen molar-refractivity contribution in [2.45, 2.75) is 10.6 Å². The number of hydrazone groups is 1. The molecule has 0 saturated heterocycles. The lowest BCUT2D eigenvalue weighted by molar-refractivity contribution is 0.0955. The molecule has 1 N–H and O–H groups in total. The predicted molar refractivity (Wildman–Crippen MR) is 125 cm³/mol. The molecule has 0 aliphatic carbocycles. The third kappa shape index (κ3) is 6.79. The van der Waals surface area contributed by atoms with Crippen LogP contribution in [0, 0.1) is 0 Å². The Hall–Kier alpha value is -3.02. The van der Waals surface area contributed by atoms with Gasteiger partial charge in [0.2, 0.25) is 0 Å². The van der Waals surface area contributed by atoms with Crippen molar-refractivity contribution in [3.63, 3.8) is 0 Å². The van der Waals surface area contributed by atoms with Crippen molar-refractivity contribution in [2.75, 3.05) is 6.61 Å². The third-order valence-corrected chi connectivity index (χ3v) is 5.38. The summed E-state index contributed by atoms with van der Waals surface area (Å²) >= 11 is 7.62. The summed E-state index contributed by atoms with van der Waals surface area (Å²) in [5.41, 5.74) is 5.06. The molecule has 3 aromatic carbocycles. The van der Waals surface area contributed by atoms with Crippen LogP contribution in [0.2, 0.25) is 5.02 Å². The largest absolute Gasteiger partial charge is 0.490 e. The lowest BCUT2D eigenvalue weighted by Crippen LogP contribution is -2.17. The van der Waals surface area contributed by atoms with Gasteiger partial charge in [-0.3, -0.25) is 4.79 Å². The fourth-order valence-corrected chi connectivity index (χ4v) is 3.50. The Morgan fingerprint density at radius 2 is 1.87 bits per heavy atom. The van der Waals surface area contributed by atoms with E-state index in [2.05, 4.69) is 17.1 Å². The number of nitrogens with zero attached hydrogens (tertiary/aromatic N) is 1. The topological polar surface area (TPSA) is 50.7 Å². The van der Waals surface area contributed by atoms with Crippen molar-refractivity contribution < 1.29 is 9.53 Å². The normalized spacial score (nSPS) is 10.7. The van der Waals surface area contributed by atoms with Crippen LogP contribution in [0.25, 0.3) is 0 Å². The average molecular weight is 437 g/mol. The van der Waals surface area contributed by atoms with Gasteiger partial charge in [-0.1, -0.05) is 48.5 Å². The van der Waals surface area contributed by atoms with E-state index < -0.39 is 0 Å². The van der Waals surface area contributed by atoms with Crippen molar-refractivity contribution in [1.29, 1.82) is 0 Å². The zero-order valence-corrected chi connectivity index (χ0v) is 17.8. The molecule has 3 aromatic rings. The molecule has 0 bridgehead atoms. The van der Waals surface area contributed by atoms with Crippen LogP contribution in [-0.4, -0.2) is 18.7 Å². The molecule has 0 radical (unpaired) electrons. The standard InChI is InChI=1S/C24H21ClN2O2S/c1-2-14-29-22-5-3-4-19(15-22)16-26-27-24(28)20-8-6-18(7-9-20)17-30-23-12-10-21(25)11-13-23/h2-13,15-16H,1,14,17H2,(H,27,28)/b26-16-. The molecule has 0 aromatic heterocycles. The molecule has 1 amide bonds. The summed E-state index contributed by atoms with van der Waals surface area (Å²) in [6.45, 7) is 4.06. The van der Waals surface area contributed by atoms with Gasteiger partial charge in [-0.15, -0.1) is 11.8 Å². The van der Waals surface area contributed by atoms with E-state index >= 15 is 0 Å². The Labute approximate surface area is 185 Å². The van der Waals surface area contributed by atoms with Gasteiger partial charge in [0.15, 0.2) is 0 Å². The molecule has 6 heteroatoms. The number of benzene rings is 3. The molecular weight excluding hydrogens is 416 g/mol. The predicted octanol–water partition coefficient (Wildman–Crippen LogP) is 5.96. The van der Waals surface area contributed by atoms with Gasteiger partial charge in [0.05, 0.1) is 6.21 Å². The Morgan fingerprint density at radius 3 is 2.60 bits per heavy atom. The highest BCUT2D eigenvalue weighted by molar-refractivity contribution is 7.98. The molecule has 3 rings (SSSR count). The summed E-state index contributed by atoms with van der Waals surface area (Å²) in [5.74, 6) is 1.27. The molecule has 0 fully saturated rings. The first-order valence-corrected chi connectivity index (χ1v) is 10.6. The van der Waals surface area contributed by atoms with E-state index in [1.54, 1.807) is 36.2 Å². The summed E-state index contributed by atoms with van der Waals surface area (Å²) in [6, 6.07) is 22.7. The van der Waals surface area contributed by atoms with Crippen LogP contribution in [0.4, 0.5) is 0 Å². The zero-order valence-electron chi connectivity index (χ0n) is 16.3. The second-order valence-electron chi connectivity index (χ2n) is 6.31. The van der Waals surface area contributed by atoms with E-state index in [1.807, 2.05) is 60.7 Å². The minimum atomic E-state index is -0.262. The molecule has 0 aliphatic rings. The van der Waals surface area contributed by atoms with E-state index in [1.165, 1.54) is 0 Å². The molecule has 0 spiro atoms. The quantitative estimate of drug-likeness (QED) is 0.195. The summed E-state index contributed by atoms with van der Waals surface area (Å²) in [7, 11) is 0. The van der Waals surface area contributed by atoms with Gasteiger partial charge in [0.1, 0.15) is 12.4 Å². The molecule has 152 valence electrons. The highest BCUT2D eigenvalue weighted by Gasteiger charge is 2.04. The van der Waals surface area contributed by atoms with Gasteiger partial charge >= 0.3 is 0 Å². The molecular formula is C24H21ClN2O2S. The van der Waals surface area contributed by atoms with Crippen LogP contribution in [0.5, 0.6) is 5.75 Å². The molecule has 0 atom stereocenters. The van der Waals surface area contributed by atoms with Crippen LogP contribution in [-0.2, 0) is 5.75 Å². The fourth-order valence-electron chi connectivity index (χ4n) is 2.52. The number of carbonyl (C=O) groups excluding carboxylic acids is 1. The maximum atomic E-state index is 12.3. The molecule has 30 heavy (non-hydrogen) atoms. The van der Waals surface area contributed by atoms with Crippen LogP contribution in [0.3, 0.4) is 0 Å². The summed E-state index contributed by atoms with van der Waals surface area (Å²) in [6.07, 6.45) is 3.26. The van der Waals surface area contributed by atoms with Gasteiger partial charge in [-0.25, -0.2) is 5.43 Å². The van der Waals surface area contributed by atoms with Crippen LogP contribution >= 0.6 is 23.4 Å². The van der Waals surface area contributed by atoms with Gasteiger partial charge in [0, 0.05) is 21.2 Å². The number of halogens is 1. The number of nitrogens with one attached hydrogen (secondary N) is 1. The average Bonchev–Trinajstić information content (AvgIpc) is 2.78. The van der Waals surface area contributed by atoms with E-state index in [-0.39, 0.29) is 5.91 Å². The van der Waals surface area contributed by atoms with E-state index in [0.29, 0.717) is 12.2 Å². The molecule has 0 saturated carbocycles. The number of carbonyl (C=O) groups is 1.